The SMILES string of the molecule is C1CN1.OC[C@@H](O)[C@@H](O)CO. The van der Waals surface area contributed by atoms with Gasteiger partial charge in [0.15, 0.2) is 0 Å². The second-order valence-corrected chi connectivity index (χ2v) is 2.25. The highest BCUT2D eigenvalue weighted by molar-refractivity contribution is 4.62. The summed E-state index contributed by atoms with van der Waals surface area (Å²) in [5.41, 5.74) is 0. The Balaban J connectivity index is 0.000000271. The third kappa shape index (κ3) is 7.70. The Morgan fingerprint density at radius 2 is 1.27 bits per heavy atom. The van der Waals surface area contributed by atoms with Crippen LogP contribution in [0.15, 0.2) is 0 Å². The standard InChI is InChI=1S/C4H10O4.C2H5N/c5-1-3(7)4(8)2-6;1-2-3-1/h3-8H,1-2H2;3H,1-2H2/t3-,4+;. The van der Waals surface area contributed by atoms with Crippen LogP contribution in [-0.4, -0.2) is 58.9 Å². The lowest BCUT2D eigenvalue weighted by molar-refractivity contribution is -0.0388. The van der Waals surface area contributed by atoms with Gasteiger partial charge in [-0.15, -0.1) is 0 Å². The van der Waals surface area contributed by atoms with Crippen LogP contribution in [-0.2, 0) is 0 Å². The van der Waals surface area contributed by atoms with Gasteiger partial charge in [-0.1, -0.05) is 0 Å². The third-order valence-electron chi connectivity index (χ3n) is 1.07. The zero-order valence-corrected chi connectivity index (χ0v) is 6.27. The van der Waals surface area contributed by atoms with E-state index in [0.717, 1.165) is 0 Å². The second-order valence-electron chi connectivity index (χ2n) is 2.25. The fourth-order valence-corrected chi connectivity index (χ4v) is 0.243. The van der Waals surface area contributed by atoms with E-state index in [4.69, 9.17) is 20.4 Å². The topological polar surface area (TPSA) is 103 Å². The molecule has 0 aromatic rings. The van der Waals surface area contributed by atoms with Gasteiger partial charge in [-0.25, -0.2) is 0 Å². The highest BCUT2D eigenvalue weighted by Gasteiger charge is 2.12. The monoisotopic (exact) mass is 165 g/mol. The zero-order valence-electron chi connectivity index (χ0n) is 6.27. The molecule has 0 aliphatic carbocycles. The van der Waals surface area contributed by atoms with Crippen LogP contribution in [0.5, 0.6) is 0 Å². The van der Waals surface area contributed by atoms with Gasteiger partial charge < -0.3 is 25.7 Å². The van der Waals surface area contributed by atoms with Gasteiger partial charge >= 0.3 is 0 Å². The van der Waals surface area contributed by atoms with Gasteiger partial charge in [0.25, 0.3) is 0 Å². The molecule has 1 fully saturated rings. The lowest BCUT2D eigenvalue weighted by Gasteiger charge is -2.10. The lowest BCUT2D eigenvalue weighted by Crippen LogP contribution is -2.31. The van der Waals surface area contributed by atoms with Gasteiger partial charge in [-0.3, -0.25) is 0 Å². The first-order valence-electron chi connectivity index (χ1n) is 3.51. The molecule has 0 bridgehead atoms. The van der Waals surface area contributed by atoms with Crippen LogP contribution in [0.25, 0.3) is 0 Å². The number of aliphatic hydroxyl groups excluding tert-OH is 4. The Hall–Kier alpha value is -0.200. The average molecular weight is 165 g/mol. The third-order valence-corrected chi connectivity index (χ3v) is 1.07. The molecule has 0 aromatic carbocycles. The van der Waals surface area contributed by atoms with Crippen molar-refractivity contribution < 1.29 is 20.4 Å². The molecule has 0 aromatic heterocycles. The molecule has 68 valence electrons. The molecule has 1 aliphatic heterocycles. The first-order valence-corrected chi connectivity index (χ1v) is 3.51. The summed E-state index contributed by atoms with van der Waals surface area (Å²) < 4.78 is 0. The molecule has 11 heavy (non-hydrogen) atoms. The van der Waals surface area contributed by atoms with Gasteiger partial charge in [0.1, 0.15) is 12.2 Å². The van der Waals surface area contributed by atoms with E-state index in [1.165, 1.54) is 13.1 Å². The predicted octanol–water partition coefficient (Wildman–Crippen LogP) is -2.72. The van der Waals surface area contributed by atoms with E-state index in [2.05, 4.69) is 5.32 Å². The van der Waals surface area contributed by atoms with E-state index in [0.29, 0.717) is 0 Å². The van der Waals surface area contributed by atoms with Crippen molar-refractivity contribution in [2.24, 2.45) is 0 Å². The fraction of sp³-hybridized carbons (Fsp3) is 1.00. The average Bonchev–Trinajstić information content (AvgIpc) is 2.87. The molecule has 1 heterocycles. The molecule has 5 nitrogen and oxygen atoms in total. The van der Waals surface area contributed by atoms with Gasteiger partial charge in [0.2, 0.25) is 0 Å². The van der Waals surface area contributed by atoms with Crippen LogP contribution >= 0.6 is 0 Å². The molecule has 1 aliphatic rings. The highest BCUT2D eigenvalue weighted by atomic mass is 16.4. The van der Waals surface area contributed by atoms with Crippen molar-refractivity contribution >= 4 is 0 Å². The molecular weight excluding hydrogens is 150 g/mol. The van der Waals surface area contributed by atoms with E-state index in [-0.39, 0.29) is 0 Å². The van der Waals surface area contributed by atoms with Crippen molar-refractivity contribution in [2.45, 2.75) is 12.2 Å². The first-order chi connectivity index (χ1) is 5.22. The van der Waals surface area contributed by atoms with Crippen LogP contribution < -0.4 is 5.32 Å². The van der Waals surface area contributed by atoms with Crippen molar-refractivity contribution in [1.82, 2.24) is 5.32 Å². The number of nitrogens with one attached hydrogen (secondary N) is 1. The molecule has 0 radical (unpaired) electrons. The van der Waals surface area contributed by atoms with Gasteiger partial charge in [0, 0.05) is 13.1 Å². The van der Waals surface area contributed by atoms with Crippen LogP contribution in [0.2, 0.25) is 0 Å². The zero-order chi connectivity index (χ0) is 8.69. The molecule has 0 amide bonds. The Kier molecular flexibility index (Phi) is 6.39. The molecule has 1 saturated heterocycles. The predicted molar refractivity (Wildman–Crippen MR) is 39.1 cm³/mol. The minimum absolute atomic E-state index is 0.526. The van der Waals surface area contributed by atoms with Crippen molar-refractivity contribution in [1.29, 1.82) is 0 Å². The molecular formula is C6H15NO4. The first kappa shape index (κ1) is 10.8. The number of aliphatic hydroxyl groups is 4. The van der Waals surface area contributed by atoms with Gasteiger partial charge in [-0.2, -0.15) is 0 Å². The van der Waals surface area contributed by atoms with Crippen molar-refractivity contribution in [3.05, 3.63) is 0 Å². The largest absolute Gasteiger partial charge is 0.394 e. The second kappa shape index (κ2) is 6.51. The summed E-state index contributed by atoms with van der Waals surface area (Å²) in [5.74, 6) is 0. The van der Waals surface area contributed by atoms with Crippen LogP contribution in [0.4, 0.5) is 0 Å². The number of hydrogen-bond acceptors (Lipinski definition) is 5. The molecule has 0 saturated carbocycles. The maximum atomic E-state index is 8.47. The van der Waals surface area contributed by atoms with E-state index < -0.39 is 25.4 Å². The Morgan fingerprint density at radius 3 is 1.36 bits per heavy atom. The smallest absolute Gasteiger partial charge is 0.105 e. The summed E-state index contributed by atoms with van der Waals surface area (Å²) >= 11 is 0. The van der Waals surface area contributed by atoms with Crippen LogP contribution in [0.3, 0.4) is 0 Å². The lowest BCUT2D eigenvalue weighted by atomic mass is 10.2. The van der Waals surface area contributed by atoms with E-state index >= 15 is 0 Å². The van der Waals surface area contributed by atoms with Crippen LogP contribution in [0, 0.1) is 0 Å². The molecule has 2 atom stereocenters. The Morgan fingerprint density at radius 1 is 1.00 bits per heavy atom. The Labute approximate surface area is 65.3 Å². The minimum atomic E-state index is -1.22. The summed E-state index contributed by atoms with van der Waals surface area (Å²) in [6, 6.07) is 0. The Bertz CT molecular complexity index is 77.9. The summed E-state index contributed by atoms with van der Waals surface area (Å²) in [4.78, 5) is 0. The number of hydrogen-bond donors (Lipinski definition) is 5. The minimum Gasteiger partial charge on any atom is -0.394 e. The van der Waals surface area contributed by atoms with E-state index in [1.54, 1.807) is 0 Å². The molecule has 0 unspecified atom stereocenters. The summed E-state index contributed by atoms with van der Waals surface area (Å²) in [6.07, 6.45) is -2.44. The van der Waals surface area contributed by atoms with Crippen LogP contribution in [0.1, 0.15) is 0 Å². The molecule has 5 heteroatoms. The maximum Gasteiger partial charge on any atom is 0.105 e. The van der Waals surface area contributed by atoms with E-state index in [1.807, 2.05) is 0 Å². The summed E-state index contributed by atoms with van der Waals surface area (Å²) in [6.45, 7) is 1.45. The fourth-order valence-electron chi connectivity index (χ4n) is 0.243. The number of rotatable bonds is 3. The van der Waals surface area contributed by atoms with Crippen molar-refractivity contribution in [3.63, 3.8) is 0 Å². The highest BCUT2D eigenvalue weighted by Crippen LogP contribution is 1.88. The molecule has 0 spiro atoms. The molecule has 1 rings (SSSR count). The van der Waals surface area contributed by atoms with Crippen molar-refractivity contribution in [3.8, 4) is 0 Å². The van der Waals surface area contributed by atoms with E-state index in [9.17, 15) is 0 Å². The normalized spacial score (nSPS) is 19.6. The van der Waals surface area contributed by atoms with Gasteiger partial charge in [0.05, 0.1) is 13.2 Å². The maximum absolute atomic E-state index is 8.47. The van der Waals surface area contributed by atoms with Crippen molar-refractivity contribution in [2.75, 3.05) is 26.3 Å². The summed E-state index contributed by atoms with van der Waals surface area (Å²) in [7, 11) is 0. The quantitative estimate of drug-likeness (QED) is 0.292. The summed E-state index contributed by atoms with van der Waals surface area (Å²) in [5, 5.41) is 36.2. The molecule has 5 N–H and O–H groups in total. The van der Waals surface area contributed by atoms with Gasteiger partial charge in [-0.05, 0) is 0 Å².